The zero-order valence-electron chi connectivity index (χ0n) is 15.9. The van der Waals surface area contributed by atoms with E-state index in [9.17, 15) is 9.59 Å². The summed E-state index contributed by atoms with van der Waals surface area (Å²) in [7, 11) is 0. The Morgan fingerprint density at radius 1 is 1.15 bits per heavy atom. The molecule has 2 saturated heterocycles. The Labute approximate surface area is 173 Å². The Balaban J connectivity index is 0.00000131. The topological polar surface area (TPSA) is 57.6 Å². The number of nitrogens with one attached hydrogen (secondary N) is 1. The van der Waals surface area contributed by atoms with Crippen LogP contribution in [0.25, 0.3) is 0 Å². The van der Waals surface area contributed by atoms with Crippen LogP contribution in [-0.2, 0) is 17.9 Å². The van der Waals surface area contributed by atoms with Crippen LogP contribution in [0.3, 0.4) is 0 Å². The molecule has 6 nitrogen and oxygen atoms in total. The van der Waals surface area contributed by atoms with Crippen molar-refractivity contribution in [1.82, 2.24) is 19.7 Å². The zero-order valence-corrected chi connectivity index (χ0v) is 17.5. The van der Waals surface area contributed by atoms with Crippen molar-refractivity contribution in [2.24, 2.45) is 5.92 Å². The predicted octanol–water partition coefficient (Wildman–Crippen LogP) is 1.45. The van der Waals surface area contributed by atoms with Crippen molar-refractivity contribution in [3.05, 3.63) is 33.7 Å². The third-order valence-corrected chi connectivity index (χ3v) is 6.02. The second-order valence-electron chi connectivity index (χ2n) is 7.79. The molecule has 0 unspecified atom stereocenters. The predicted molar refractivity (Wildman–Crippen MR) is 111 cm³/mol. The Kier molecular flexibility index (Phi) is 7.74. The number of carbonyl (C=O) groups excluding carboxylic acids is 1. The van der Waals surface area contributed by atoms with Crippen molar-refractivity contribution in [1.29, 1.82) is 0 Å². The van der Waals surface area contributed by atoms with Gasteiger partial charge in [0.25, 0.3) is 5.56 Å². The van der Waals surface area contributed by atoms with Gasteiger partial charge >= 0.3 is 0 Å². The molecule has 1 aromatic heterocycles. The maximum Gasteiger partial charge on any atom is 0.255 e. The van der Waals surface area contributed by atoms with Crippen LogP contribution in [-0.4, -0.2) is 59.5 Å². The van der Waals surface area contributed by atoms with Crippen molar-refractivity contribution in [3.8, 4) is 0 Å². The minimum atomic E-state index is 0. The Hall–Kier alpha value is -1.08. The summed E-state index contributed by atoms with van der Waals surface area (Å²) in [6.45, 7) is 8.57. The summed E-state index contributed by atoms with van der Waals surface area (Å²) >= 11 is 0. The number of nitrogens with zero attached hydrogens (tertiary/aromatic N) is 3. The van der Waals surface area contributed by atoms with E-state index in [-0.39, 0.29) is 36.3 Å². The van der Waals surface area contributed by atoms with Gasteiger partial charge < -0.3 is 14.8 Å². The van der Waals surface area contributed by atoms with E-state index in [0.717, 1.165) is 57.8 Å². The Morgan fingerprint density at radius 2 is 1.96 bits per heavy atom. The van der Waals surface area contributed by atoms with Gasteiger partial charge in [0, 0.05) is 69.9 Å². The maximum atomic E-state index is 13.0. The average molecular weight is 417 g/mol. The van der Waals surface area contributed by atoms with Crippen LogP contribution in [0.2, 0.25) is 0 Å². The second-order valence-corrected chi connectivity index (χ2v) is 7.79. The van der Waals surface area contributed by atoms with Crippen LogP contribution in [0.4, 0.5) is 0 Å². The van der Waals surface area contributed by atoms with Crippen LogP contribution in [0.5, 0.6) is 0 Å². The van der Waals surface area contributed by atoms with Crippen LogP contribution in [0.15, 0.2) is 16.9 Å². The number of amides is 1. The first-order valence-electron chi connectivity index (χ1n) is 9.53. The highest BCUT2D eigenvalue weighted by Gasteiger charge is 2.31. The number of halogens is 2. The summed E-state index contributed by atoms with van der Waals surface area (Å²) in [5.41, 5.74) is 2.30. The first-order valence-corrected chi connectivity index (χ1v) is 9.53. The summed E-state index contributed by atoms with van der Waals surface area (Å²) < 4.78 is 2.04. The average Bonchev–Trinajstić information content (AvgIpc) is 2.84. The molecule has 0 spiro atoms. The van der Waals surface area contributed by atoms with Gasteiger partial charge in [-0.15, -0.1) is 24.8 Å². The van der Waals surface area contributed by atoms with Crippen molar-refractivity contribution in [3.63, 3.8) is 0 Å². The molecular weight excluding hydrogens is 387 g/mol. The number of aromatic nitrogens is 1. The van der Waals surface area contributed by atoms with Gasteiger partial charge in [-0.3, -0.25) is 14.5 Å². The minimum Gasteiger partial charge on any atom is -0.342 e. The summed E-state index contributed by atoms with van der Waals surface area (Å²) in [6.07, 6.45) is 2.18. The molecule has 0 aromatic carbocycles. The smallest absolute Gasteiger partial charge is 0.255 e. The van der Waals surface area contributed by atoms with E-state index in [2.05, 4.69) is 16.3 Å². The summed E-state index contributed by atoms with van der Waals surface area (Å²) in [6, 6.07) is 4.21. The maximum absolute atomic E-state index is 13.0. The highest BCUT2D eigenvalue weighted by atomic mass is 35.5. The molecule has 4 heterocycles. The first-order chi connectivity index (χ1) is 12.1. The quantitative estimate of drug-likeness (QED) is 0.792. The van der Waals surface area contributed by atoms with E-state index < -0.39 is 0 Å². The molecule has 8 heteroatoms. The molecule has 0 aliphatic carbocycles. The lowest BCUT2D eigenvalue weighted by molar-refractivity contribution is -0.128. The number of carbonyl (C=O) groups is 1. The first kappa shape index (κ1) is 22.2. The van der Waals surface area contributed by atoms with E-state index in [0.29, 0.717) is 18.4 Å². The van der Waals surface area contributed by atoms with Gasteiger partial charge in [0.1, 0.15) is 0 Å². The molecule has 0 radical (unpaired) electrons. The van der Waals surface area contributed by atoms with Gasteiger partial charge in [-0.25, -0.2) is 0 Å². The Morgan fingerprint density at radius 3 is 2.74 bits per heavy atom. The van der Waals surface area contributed by atoms with Crippen molar-refractivity contribution in [2.75, 3.05) is 39.3 Å². The van der Waals surface area contributed by atoms with Gasteiger partial charge in [-0.05, 0) is 31.4 Å². The zero-order chi connectivity index (χ0) is 17.4. The number of rotatable bonds is 2. The molecule has 1 N–H and O–H groups in total. The van der Waals surface area contributed by atoms with Crippen LogP contribution in [0.1, 0.15) is 36.9 Å². The number of hydrogen-bond donors (Lipinski definition) is 1. The molecule has 2 atom stereocenters. The molecule has 1 amide bonds. The van der Waals surface area contributed by atoms with E-state index in [1.807, 2.05) is 15.5 Å². The SMILES string of the molecule is CC(=O)N1CCCN(Cc2ccc3n(c2=O)C[C@@H]2CNC[C@H]3C2)CC1.Cl.Cl. The van der Waals surface area contributed by atoms with Gasteiger partial charge in [-0.2, -0.15) is 0 Å². The van der Waals surface area contributed by atoms with Crippen molar-refractivity contribution in [2.45, 2.75) is 38.8 Å². The van der Waals surface area contributed by atoms with Gasteiger partial charge in [0.2, 0.25) is 5.91 Å². The van der Waals surface area contributed by atoms with E-state index >= 15 is 0 Å². The molecule has 152 valence electrons. The molecule has 27 heavy (non-hydrogen) atoms. The molecule has 3 aliphatic heterocycles. The molecule has 2 bridgehead atoms. The van der Waals surface area contributed by atoms with Crippen LogP contribution >= 0.6 is 24.8 Å². The van der Waals surface area contributed by atoms with Crippen LogP contribution in [0, 0.1) is 5.92 Å². The number of hydrogen-bond acceptors (Lipinski definition) is 4. The van der Waals surface area contributed by atoms with Crippen molar-refractivity contribution < 1.29 is 4.79 Å². The van der Waals surface area contributed by atoms with E-state index in [4.69, 9.17) is 0 Å². The third kappa shape index (κ3) is 4.67. The highest BCUT2D eigenvalue weighted by molar-refractivity contribution is 5.85. The highest BCUT2D eigenvalue weighted by Crippen LogP contribution is 2.31. The summed E-state index contributed by atoms with van der Waals surface area (Å²) in [5.74, 6) is 1.22. The number of piperidine rings is 1. The largest absolute Gasteiger partial charge is 0.342 e. The fourth-order valence-corrected chi connectivity index (χ4v) is 4.64. The number of fused-ring (bicyclic) bond motifs is 4. The van der Waals surface area contributed by atoms with E-state index in [1.54, 1.807) is 6.92 Å². The molecule has 4 rings (SSSR count). The number of pyridine rings is 1. The monoisotopic (exact) mass is 416 g/mol. The van der Waals surface area contributed by atoms with E-state index in [1.165, 1.54) is 12.1 Å². The Bertz CT molecular complexity index is 724. The lowest BCUT2D eigenvalue weighted by Gasteiger charge is -2.37. The van der Waals surface area contributed by atoms with Gasteiger partial charge in [0.15, 0.2) is 0 Å². The normalized spacial score (nSPS) is 24.9. The fourth-order valence-electron chi connectivity index (χ4n) is 4.64. The lowest BCUT2D eigenvalue weighted by atomic mass is 9.84. The van der Waals surface area contributed by atoms with Gasteiger partial charge in [-0.1, -0.05) is 6.07 Å². The van der Waals surface area contributed by atoms with Gasteiger partial charge in [0.05, 0.1) is 0 Å². The molecule has 1 aromatic rings. The molecule has 2 fully saturated rings. The summed E-state index contributed by atoms with van der Waals surface area (Å²) in [5, 5.41) is 3.49. The minimum absolute atomic E-state index is 0. The standard InChI is InChI=1S/C19H28N4O2.2ClH/c1-14(24)22-6-2-5-21(7-8-22)13-16-3-4-18-17-9-15(10-20-11-17)12-23(18)19(16)25;;/h3-4,15,17,20H,2,5-13H2,1H3;2*1H/t15-,17+;;/m0../s1. The lowest BCUT2D eigenvalue weighted by Crippen LogP contribution is -2.45. The molecule has 3 aliphatic rings. The molecule has 0 saturated carbocycles. The third-order valence-electron chi connectivity index (χ3n) is 6.02. The fraction of sp³-hybridized carbons (Fsp3) is 0.684. The van der Waals surface area contributed by atoms with Crippen LogP contribution < -0.4 is 10.9 Å². The van der Waals surface area contributed by atoms with Crippen molar-refractivity contribution >= 4 is 30.7 Å². The molecular formula is C19H30Cl2N4O2. The second kappa shape index (κ2) is 9.41. The summed E-state index contributed by atoms with van der Waals surface area (Å²) in [4.78, 5) is 28.8.